The van der Waals surface area contributed by atoms with Crippen LogP contribution in [-0.4, -0.2) is 29.8 Å². The molecule has 2 aromatic rings. The fourth-order valence-corrected chi connectivity index (χ4v) is 2.71. The smallest absolute Gasteiger partial charge is 0.243 e. The van der Waals surface area contributed by atoms with Gasteiger partial charge in [0.15, 0.2) is 0 Å². The molecule has 0 aliphatic carbocycles. The SMILES string of the molecule is CC(=O)N(CCCc1ccccc1)CC(=O)Nc1ccc(Cl)c(Cl)c1. The summed E-state index contributed by atoms with van der Waals surface area (Å²) >= 11 is 11.8. The summed E-state index contributed by atoms with van der Waals surface area (Å²) in [5.41, 5.74) is 1.76. The molecular formula is C19H20Cl2N2O2. The van der Waals surface area contributed by atoms with Crippen molar-refractivity contribution in [2.75, 3.05) is 18.4 Å². The van der Waals surface area contributed by atoms with E-state index in [1.165, 1.54) is 17.4 Å². The molecule has 0 saturated carbocycles. The maximum Gasteiger partial charge on any atom is 0.243 e. The first-order valence-electron chi connectivity index (χ1n) is 8.00. The number of amides is 2. The van der Waals surface area contributed by atoms with Crippen molar-refractivity contribution in [3.8, 4) is 0 Å². The zero-order chi connectivity index (χ0) is 18.2. The summed E-state index contributed by atoms with van der Waals surface area (Å²) in [6.45, 7) is 2.00. The second-order valence-electron chi connectivity index (χ2n) is 5.71. The van der Waals surface area contributed by atoms with E-state index in [4.69, 9.17) is 23.2 Å². The Hall–Kier alpha value is -2.04. The Bertz CT molecular complexity index is 735. The Balaban J connectivity index is 1.86. The third-order valence-corrected chi connectivity index (χ3v) is 4.46. The van der Waals surface area contributed by atoms with Crippen molar-refractivity contribution in [2.24, 2.45) is 0 Å². The number of rotatable bonds is 7. The number of aryl methyl sites for hydroxylation is 1. The van der Waals surface area contributed by atoms with Gasteiger partial charge < -0.3 is 10.2 Å². The molecular weight excluding hydrogens is 359 g/mol. The fraction of sp³-hybridized carbons (Fsp3) is 0.263. The number of carbonyl (C=O) groups excluding carboxylic acids is 2. The van der Waals surface area contributed by atoms with E-state index in [9.17, 15) is 9.59 Å². The largest absolute Gasteiger partial charge is 0.334 e. The van der Waals surface area contributed by atoms with E-state index in [0.29, 0.717) is 22.3 Å². The number of nitrogens with zero attached hydrogens (tertiary/aromatic N) is 1. The average molecular weight is 379 g/mol. The lowest BCUT2D eigenvalue weighted by molar-refractivity contribution is -0.132. The fourth-order valence-electron chi connectivity index (χ4n) is 2.41. The maximum atomic E-state index is 12.2. The van der Waals surface area contributed by atoms with Crippen LogP contribution in [0.25, 0.3) is 0 Å². The van der Waals surface area contributed by atoms with Crippen LogP contribution in [0.4, 0.5) is 5.69 Å². The standard InChI is InChI=1S/C19H20Cl2N2O2/c1-14(24)23(11-5-8-15-6-3-2-4-7-15)13-19(25)22-16-9-10-17(20)18(21)12-16/h2-4,6-7,9-10,12H,5,8,11,13H2,1H3,(H,22,25). The van der Waals surface area contributed by atoms with Gasteiger partial charge in [0.25, 0.3) is 0 Å². The van der Waals surface area contributed by atoms with Gasteiger partial charge in [-0.15, -0.1) is 0 Å². The summed E-state index contributed by atoms with van der Waals surface area (Å²) in [6, 6.07) is 14.9. The van der Waals surface area contributed by atoms with Crippen molar-refractivity contribution in [2.45, 2.75) is 19.8 Å². The molecule has 0 spiro atoms. The molecule has 0 aromatic heterocycles. The lowest BCUT2D eigenvalue weighted by Crippen LogP contribution is -2.37. The first-order valence-corrected chi connectivity index (χ1v) is 8.75. The van der Waals surface area contributed by atoms with Crippen LogP contribution in [0.15, 0.2) is 48.5 Å². The van der Waals surface area contributed by atoms with E-state index < -0.39 is 0 Å². The van der Waals surface area contributed by atoms with Crippen molar-refractivity contribution in [3.63, 3.8) is 0 Å². The molecule has 132 valence electrons. The van der Waals surface area contributed by atoms with Gasteiger partial charge in [-0.1, -0.05) is 53.5 Å². The van der Waals surface area contributed by atoms with Crippen LogP contribution in [-0.2, 0) is 16.0 Å². The Kier molecular flexibility index (Phi) is 7.29. The van der Waals surface area contributed by atoms with Crippen molar-refractivity contribution >= 4 is 40.7 Å². The molecule has 1 N–H and O–H groups in total. The first-order chi connectivity index (χ1) is 12.0. The summed E-state index contributed by atoms with van der Waals surface area (Å²) in [6.07, 6.45) is 1.66. The molecule has 2 aromatic carbocycles. The Morgan fingerprint density at radius 3 is 2.40 bits per heavy atom. The van der Waals surface area contributed by atoms with Crippen molar-refractivity contribution < 1.29 is 9.59 Å². The number of hydrogen-bond donors (Lipinski definition) is 1. The topological polar surface area (TPSA) is 49.4 Å². The molecule has 0 aliphatic heterocycles. The van der Waals surface area contributed by atoms with Gasteiger partial charge >= 0.3 is 0 Å². The summed E-state index contributed by atoms with van der Waals surface area (Å²) in [5.74, 6) is -0.398. The van der Waals surface area contributed by atoms with Crippen LogP contribution >= 0.6 is 23.2 Å². The molecule has 0 unspecified atom stereocenters. The summed E-state index contributed by atoms with van der Waals surface area (Å²) in [7, 11) is 0. The number of carbonyl (C=O) groups is 2. The number of halogens is 2. The highest BCUT2D eigenvalue weighted by Gasteiger charge is 2.14. The molecule has 4 nitrogen and oxygen atoms in total. The number of hydrogen-bond acceptors (Lipinski definition) is 2. The number of benzene rings is 2. The van der Waals surface area contributed by atoms with Crippen LogP contribution in [0.2, 0.25) is 10.0 Å². The summed E-state index contributed by atoms with van der Waals surface area (Å²) in [4.78, 5) is 25.5. The van der Waals surface area contributed by atoms with Crippen molar-refractivity contribution in [1.29, 1.82) is 0 Å². The second kappa shape index (κ2) is 9.44. The number of anilines is 1. The molecule has 0 aliphatic rings. The van der Waals surface area contributed by atoms with E-state index in [2.05, 4.69) is 17.4 Å². The van der Waals surface area contributed by atoms with Gasteiger partial charge in [-0.3, -0.25) is 9.59 Å². The van der Waals surface area contributed by atoms with Crippen LogP contribution in [0.3, 0.4) is 0 Å². The zero-order valence-electron chi connectivity index (χ0n) is 14.0. The third-order valence-electron chi connectivity index (χ3n) is 3.72. The molecule has 0 fully saturated rings. The number of nitrogens with one attached hydrogen (secondary N) is 1. The summed E-state index contributed by atoms with van der Waals surface area (Å²) in [5, 5.41) is 3.52. The van der Waals surface area contributed by atoms with Gasteiger partial charge in [0, 0.05) is 19.2 Å². The van der Waals surface area contributed by atoms with Crippen LogP contribution < -0.4 is 5.32 Å². The van der Waals surface area contributed by atoms with E-state index in [-0.39, 0.29) is 18.4 Å². The van der Waals surface area contributed by atoms with Gasteiger partial charge in [0.2, 0.25) is 11.8 Å². The third kappa shape index (κ3) is 6.40. The molecule has 0 bridgehead atoms. The Morgan fingerprint density at radius 1 is 1.04 bits per heavy atom. The molecule has 6 heteroatoms. The molecule has 25 heavy (non-hydrogen) atoms. The minimum Gasteiger partial charge on any atom is -0.334 e. The monoisotopic (exact) mass is 378 g/mol. The second-order valence-corrected chi connectivity index (χ2v) is 6.52. The van der Waals surface area contributed by atoms with Gasteiger partial charge in [0.1, 0.15) is 0 Å². The highest BCUT2D eigenvalue weighted by atomic mass is 35.5. The molecule has 0 heterocycles. The van der Waals surface area contributed by atoms with Crippen molar-refractivity contribution in [1.82, 2.24) is 4.90 Å². The van der Waals surface area contributed by atoms with Gasteiger partial charge in [-0.05, 0) is 36.6 Å². The van der Waals surface area contributed by atoms with Crippen LogP contribution in [0, 0.1) is 0 Å². The highest BCUT2D eigenvalue weighted by molar-refractivity contribution is 6.42. The Labute approximate surface area is 157 Å². The quantitative estimate of drug-likeness (QED) is 0.775. The average Bonchev–Trinajstić information content (AvgIpc) is 2.58. The van der Waals surface area contributed by atoms with Gasteiger partial charge in [-0.2, -0.15) is 0 Å². The Morgan fingerprint density at radius 2 is 1.76 bits per heavy atom. The lowest BCUT2D eigenvalue weighted by Gasteiger charge is -2.20. The van der Waals surface area contributed by atoms with Crippen molar-refractivity contribution in [3.05, 3.63) is 64.1 Å². The summed E-state index contributed by atoms with van der Waals surface area (Å²) < 4.78 is 0. The molecule has 2 amide bonds. The molecule has 0 atom stereocenters. The molecule has 0 radical (unpaired) electrons. The zero-order valence-corrected chi connectivity index (χ0v) is 15.5. The van der Waals surface area contributed by atoms with E-state index in [0.717, 1.165) is 12.8 Å². The van der Waals surface area contributed by atoms with Crippen LogP contribution in [0.5, 0.6) is 0 Å². The minimum atomic E-state index is -0.270. The predicted octanol–water partition coefficient (Wildman–Crippen LogP) is 4.41. The lowest BCUT2D eigenvalue weighted by atomic mass is 10.1. The normalized spacial score (nSPS) is 10.4. The van der Waals surface area contributed by atoms with Crippen LogP contribution in [0.1, 0.15) is 18.9 Å². The van der Waals surface area contributed by atoms with E-state index in [1.54, 1.807) is 18.2 Å². The minimum absolute atomic E-state index is 0.00433. The van der Waals surface area contributed by atoms with E-state index in [1.807, 2.05) is 18.2 Å². The van der Waals surface area contributed by atoms with E-state index >= 15 is 0 Å². The predicted molar refractivity (Wildman–Crippen MR) is 102 cm³/mol. The van der Waals surface area contributed by atoms with Gasteiger partial charge in [-0.25, -0.2) is 0 Å². The molecule has 2 rings (SSSR count). The van der Waals surface area contributed by atoms with Gasteiger partial charge in [0.05, 0.1) is 16.6 Å². The molecule has 0 saturated heterocycles. The maximum absolute atomic E-state index is 12.2. The first kappa shape index (κ1) is 19.3. The highest BCUT2D eigenvalue weighted by Crippen LogP contribution is 2.24.